The second kappa shape index (κ2) is 5.56. The van der Waals surface area contributed by atoms with Crippen molar-refractivity contribution in [3.8, 4) is 0 Å². The first kappa shape index (κ1) is 13.1. The van der Waals surface area contributed by atoms with Crippen LogP contribution in [-0.2, 0) is 4.79 Å². The molecule has 6 nitrogen and oxygen atoms in total. The van der Waals surface area contributed by atoms with Gasteiger partial charge < -0.3 is 20.2 Å². The van der Waals surface area contributed by atoms with Crippen molar-refractivity contribution >= 4 is 12.0 Å². The molecule has 0 bridgehead atoms. The van der Waals surface area contributed by atoms with Crippen LogP contribution in [-0.4, -0.2) is 65.2 Å². The van der Waals surface area contributed by atoms with Crippen molar-refractivity contribution in [1.82, 2.24) is 15.1 Å². The zero-order valence-corrected chi connectivity index (χ0v) is 10.8. The standard InChI is InChI=1S/C12H21N3O3/c1-9-6-13-10(8-15(9)12(17)18)7-14-5-3-2-4-11(14)16/h9-10,13H,2-8H2,1H3,(H,17,18)/t9-,10+/m1/s1. The summed E-state index contributed by atoms with van der Waals surface area (Å²) >= 11 is 0. The SMILES string of the molecule is C[C@@H]1CN[C@@H](CN2CCCCC2=O)CN1C(=O)O. The zero-order valence-electron chi connectivity index (χ0n) is 10.8. The summed E-state index contributed by atoms with van der Waals surface area (Å²) in [5, 5.41) is 12.4. The fourth-order valence-corrected chi connectivity index (χ4v) is 2.64. The molecule has 0 aromatic rings. The summed E-state index contributed by atoms with van der Waals surface area (Å²) in [5.74, 6) is 0.198. The number of hydrogen-bond acceptors (Lipinski definition) is 3. The van der Waals surface area contributed by atoms with Crippen LogP contribution >= 0.6 is 0 Å². The van der Waals surface area contributed by atoms with E-state index in [1.807, 2.05) is 11.8 Å². The van der Waals surface area contributed by atoms with Crippen LogP contribution in [0.2, 0.25) is 0 Å². The van der Waals surface area contributed by atoms with E-state index in [0.717, 1.165) is 19.4 Å². The lowest BCUT2D eigenvalue weighted by molar-refractivity contribution is -0.133. The van der Waals surface area contributed by atoms with Crippen molar-refractivity contribution in [2.45, 2.75) is 38.3 Å². The van der Waals surface area contributed by atoms with E-state index in [0.29, 0.717) is 26.1 Å². The number of amides is 2. The molecule has 2 heterocycles. The van der Waals surface area contributed by atoms with Crippen molar-refractivity contribution in [3.63, 3.8) is 0 Å². The molecule has 102 valence electrons. The maximum atomic E-state index is 11.7. The second-order valence-corrected chi connectivity index (χ2v) is 5.19. The number of nitrogens with zero attached hydrogens (tertiary/aromatic N) is 2. The molecule has 2 aliphatic heterocycles. The van der Waals surface area contributed by atoms with E-state index in [1.54, 1.807) is 0 Å². The molecule has 2 amide bonds. The average molecular weight is 255 g/mol. The topological polar surface area (TPSA) is 72.9 Å². The number of carbonyl (C=O) groups is 2. The Hall–Kier alpha value is -1.30. The summed E-state index contributed by atoms with van der Waals surface area (Å²) in [5.41, 5.74) is 0. The first-order chi connectivity index (χ1) is 8.58. The highest BCUT2D eigenvalue weighted by atomic mass is 16.4. The van der Waals surface area contributed by atoms with Gasteiger partial charge in [0.15, 0.2) is 0 Å². The maximum Gasteiger partial charge on any atom is 0.407 e. The Labute approximate surface area is 107 Å². The third-order valence-electron chi connectivity index (χ3n) is 3.76. The predicted molar refractivity (Wildman–Crippen MR) is 66.4 cm³/mol. The highest BCUT2D eigenvalue weighted by molar-refractivity contribution is 5.76. The Bertz CT molecular complexity index is 335. The van der Waals surface area contributed by atoms with E-state index in [1.165, 1.54) is 4.90 Å². The van der Waals surface area contributed by atoms with Gasteiger partial charge in [-0.05, 0) is 19.8 Å². The van der Waals surface area contributed by atoms with Gasteiger partial charge in [0, 0.05) is 44.7 Å². The number of carboxylic acid groups (broad SMARTS) is 1. The molecule has 2 rings (SSSR count). The predicted octanol–water partition coefficient (Wildman–Crippen LogP) is 0.339. The summed E-state index contributed by atoms with van der Waals surface area (Å²) in [6.45, 7) is 4.43. The van der Waals surface area contributed by atoms with Crippen LogP contribution in [0.3, 0.4) is 0 Å². The number of hydrogen-bond donors (Lipinski definition) is 2. The van der Waals surface area contributed by atoms with Crippen LogP contribution in [0.15, 0.2) is 0 Å². The molecule has 0 spiro atoms. The highest BCUT2D eigenvalue weighted by Crippen LogP contribution is 2.13. The van der Waals surface area contributed by atoms with E-state index < -0.39 is 6.09 Å². The molecule has 0 unspecified atom stereocenters. The molecule has 18 heavy (non-hydrogen) atoms. The number of rotatable bonds is 2. The normalized spacial score (nSPS) is 29.5. The zero-order chi connectivity index (χ0) is 13.1. The van der Waals surface area contributed by atoms with Gasteiger partial charge in [-0.3, -0.25) is 4.79 Å². The minimum atomic E-state index is -0.876. The number of carbonyl (C=O) groups excluding carboxylic acids is 1. The van der Waals surface area contributed by atoms with Crippen LogP contribution in [0.1, 0.15) is 26.2 Å². The molecule has 0 aliphatic carbocycles. The largest absolute Gasteiger partial charge is 0.465 e. The molecular weight excluding hydrogens is 234 g/mol. The molecule has 0 aromatic carbocycles. The monoisotopic (exact) mass is 255 g/mol. The molecular formula is C12H21N3O3. The molecule has 2 aliphatic rings. The van der Waals surface area contributed by atoms with Gasteiger partial charge in [-0.25, -0.2) is 4.79 Å². The number of piperidine rings is 1. The Balaban J connectivity index is 1.89. The lowest BCUT2D eigenvalue weighted by Gasteiger charge is -2.39. The van der Waals surface area contributed by atoms with Gasteiger partial charge in [-0.15, -0.1) is 0 Å². The molecule has 0 saturated carbocycles. The summed E-state index contributed by atoms with van der Waals surface area (Å²) in [6, 6.07) is 0.0511. The Kier molecular flexibility index (Phi) is 4.06. The Morgan fingerprint density at radius 3 is 2.94 bits per heavy atom. The van der Waals surface area contributed by atoms with E-state index >= 15 is 0 Å². The van der Waals surface area contributed by atoms with Gasteiger partial charge in [0.05, 0.1) is 0 Å². The van der Waals surface area contributed by atoms with Gasteiger partial charge in [0.1, 0.15) is 0 Å². The molecule has 2 fully saturated rings. The molecule has 2 N–H and O–H groups in total. The first-order valence-corrected chi connectivity index (χ1v) is 6.58. The third kappa shape index (κ3) is 2.93. The van der Waals surface area contributed by atoms with Crippen LogP contribution in [0.25, 0.3) is 0 Å². The number of likely N-dealkylation sites (tertiary alicyclic amines) is 1. The smallest absolute Gasteiger partial charge is 0.407 e. The Morgan fingerprint density at radius 1 is 1.50 bits per heavy atom. The highest BCUT2D eigenvalue weighted by Gasteiger charge is 2.30. The minimum Gasteiger partial charge on any atom is -0.465 e. The van der Waals surface area contributed by atoms with E-state index in [9.17, 15) is 9.59 Å². The van der Waals surface area contributed by atoms with Crippen molar-refractivity contribution < 1.29 is 14.7 Å². The second-order valence-electron chi connectivity index (χ2n) is 5.19. The quantitative estimate of drug-likeness (QED) is 0.746. The van der Waals surface area contributed by atoms with E-state index in [-0.39, 0.29) is 18.0 Å². The molecule has 6 heteroatoms. The van der Waals surface area contributed by atoms with Gasteiger partial charge in [0.2, 0.25) is 5.91 Å². The minimum absolute atomic E-state index is 0.00388. The Morgan fingerprint density at radius 2 is 2.28 bits per heavy atom. The molecule has 2 saturated heterocycles. The van der Waals surface area contributed by atoms with Crippen LogP contribution in [0, 0.1) is 0 Å². The summed E-state index contributed by atoms with van der Waals surface area (Å²) < 4.78 is 0. The summed E-state index contributed by atoms with van der Waals surface area (Å²) in [4.78, 5) is 26.1. The fourth-order valence-electron chi connectivity index (χ4n) is 2.64. The van der Waals surface area contributed by atoms with Crippen LogP contribution < -0.4 is 5.32 Å². The van der Waals surface area contributed by atoms with Crippen molar-refractivity contribution in [2.75, 3.05) is 26.2 Å². The first-order valence-electron chi connectivity index (χ1n) is 6.58. The van der Waals surface area contributed by atoms with E-state index in [4.69, 9.17) is 5.11 Å². The van der Waals surface area contributed by atoms with Gasteiger partial charge in [-0.1, -0.05) is 0 Å². The number of nitrogens with one attached hydrogen (secondary N) is 1. The number of piperazine rings is 1. The summed E-state index contributed by atoms with van der Waals surface area (Å²) in [7, 11) is 0. The summed E-state index contributed by atoms with van der Waals surface area (Å²) in [6.07, 6.45) is 1.79. The van der Waals surface area contributed by atoms with Crippen LogP contribution in [0.4, 0.5) is 4.79 Å². The third-order valence-corrected chi connectivity index (χ3v) is 3.76. The van der Waals surface area contributed by atoms with Gasteiger partial charge in [0.25, 0.3) is 0 Å². The average Bonchev–Trinajstić information content (AvgIpc) is 2.34. The van der Waals surface area contributed by atoms with Crippen LogP contribution in [0.5, 0.6) is 0 Å². The fraction of sp³-hybridized carbons (Fsp3) is 0.833. The maximum absolute atomic E-state index is 11.7. The van der Waals surface area contributed by atoms with Gasteiger partial charge >= 0.3 is 6.09 Å². The van der Waals surface area contributed by atoms with Crippen molar-refractivity contribution in [2.24, 2.45) is 0 Å². The molecule has 0 aromatic heterocycles. The molecule has 0 radical (unpaired) electrons. The van der Waals surface area contributed by atoms with E-state index in [2.05, 4.69) is 5.32 Å². The van der Waals surface area contributed by atoms with Crippen molar-refractivity contribution in [1.29, 1.82) is 0 Å². The molecule has 2 atom stereocenters. The lowest BCUT2D eigenvalue weighted by Crippen LogP contribution is -2.60. The van der Waals surface area contributed by atoms with Crippen molar-refractivity contribution in [3.05, 3.63) is 0 Å². The lowest BCUT2D eigenvalue weighted by atomic mass is 10.1. The van der Waals surface area contributed by atoms with Gasteiger partial charge in [-0.2, -0.15) is 0 Å².